The molecule has 2 aromatic rings. The van der Waals surface area contributed by atoms with Gasteiger partial charge in [-0.05, 0) is 102 Å². The predicted molar refractivity (Wildman–Crippen MR) is 136 cm³/mol. The van der Waals surface area contributed by atoms with Crippen molar-refractivity contribution in [2.75, 3.05) is 39.8 Å². The molecule has 1 aromatic heterocycles. The maximum absolute atomic E-state index is 13.4. The van der Waals surface area contributed by atoms with Crippen LogP contribution in [0.2, 0.25) is 0 Å². The van der Waals surface area contributed by atoms with Crippen molar-refractivity contribution in [3.8, 4) is 0 Å². The summed E-state index contributed by atoms with van der Waals surface area (Å²) in [7, 11) is 2.20. The van der Waals surface area contributed by atoms with Crippen LogP contribution in [-0.4, -0.2) is 76.8 Å². The molecule has 3 heterocycles. The second-order valence-electron chi connectivity index (χ2n) is 10.6. The highest BCUT2D eigenvalue weighted by molar-refractivity contribution is 5.99. The van der Waals surface area contributed by atoms with Gasteiger partial charge in [0.25, 0.3) is 5.91 Å². The molecule has 0 bridgehead atoms. The molecular formula is C26H39ClN4O2. The molecule has 2 amide bonds. The number of piperidine rings is 2. The summed E-state index contributed by atoms with van der Waals surface area (Å²) in [6.07, 6.45) is 5.01. The van der Waals surface area contributed by atoms with E-state index >= 15 is 0 Å². The number of hydrogen-bond donors (Lipinski definition) is 1. The molecule has 0 aliphatic carbocycles. The molecule has 33 heavy (non-hydrogen) atoms. The Hall–Kier alpha value is -2.05. The lowest BCUT2D eigenvalue weighted by molar-refractivity contribution is -0.134. The maximum atomic E-state index is 13.4. The summed E-state index contributed by atoms with van der Waals surface area (Å²) in [5.41, 5.74) is 0.819. The van der Waals surface area contributed by atoms with E-state index in [1.807, 2.05) is 31.7 Å². The first-order valence-corrected chi connectivity index (χ1v) is 12.0. The fourth-order valence-corrected chi connectivity index (χ4v) is 5.24. The highest BCUT2D eigenvalue weighted by Crippen LogP contribution is 2.32. The summed E-state index contributed by atoms with van der Waals surface area (Å²) in [5, 5.41) is 0.905. The number of benzene rings is 1. The van der Waals surface area contributed by atoms with Gasteiger partial charge in [0.1, 0.15) is 6.54 Å². The van der Waals surface area contributed by atoms with E-state index in [0.717, 1.165) is 48.7 Å². The van der Waals surface area contributed by atoms with E-state index in [4.69, 9.17) is 1.37 Å². The Bertz CT molecular complexity index is 1000. The number of aromatic nitrogens is 1. The minimum Gasteiger partial charge on any atom is -0.361 e. The number of rotatable bonds is 4. The van der Waals surface area contributed by atoms with Gasteiger partial charge in [0.2, 0.25) is 5.91 Å². The monoisotopic (exact) mass is 475 g/mol. The van der Waals surface area contributed by atoms with E-state index in [-0.39, 0.29) is 30.8 Å². The second-order valence-corrected chi connectivity index (χ2v) is 10.6. The summed E-state index contributed by atoms with van der Waals surface area (Å²) >= 11 is 0. The van der Waals surface area contributed by atoms with Crippen molar-refractivity contribution in [3.05, 3.63) is 36.0 Å². The van der Waals surface area contributed by atoms with Gasteiger partial charge in [-0.15, -0.1) is 12.4 Å². The van der Waals surface area contributed by atoms with Crippen LogP contribution in [0.3, 0.4) is 0 Å². The first-order valence-electron chi connectivity index (χ1n) is 12.5. The van der Waals surface area contributed by atoms with Crippen molar-refractivity contribution in [1.82, 2.24) is 19.7 Å². The largest absolute Gasteiger partial charge is 0.361 e. The standard InChI is InChI=1S/C26H38N4O2.ClH/c1-26(2,3)30(25(32)22-6-5-21-7-12-27-23(21)17-22)18-24(31)29-15-10-20(11-16-29)19-8-13-28(4)14-9-19;/h5-7,12,17,19-20,27H,8-11,13-16,18H2,1-4H3;1H/i12D;. The SMILES string of the molecule is Cl.[2H]c1cc2ccc(C(=O)N(CC(=O)N3CCC(C4CCN(C)CC4)CC3)C(C)(C)C)cc2[nH]1. The van der Waals surface area contributed by atoms with Crippen LogP contribution >= 0.6 is 12.4 Å². The number of hydrogen-bond acceptors (Lipinski definition) is 3. The molecule has 182 valence electrons. The third-order valence-electron chi connectivity index (χ3n) is 7.41. The van der Waals surface area contributed by atoms with E-state index in [2.05, 4.69) is 16.9 Å². The predicted octanol–water partition coefficient (Wildman–Crippen LogP) is 4.41. The fourth-order valence-electron chi connectivity index (χ4n) is 5.24. The first-order chi connectivity index (χ1) is 15.6. The Morgan fingerprint density at radius 1 is 1.06 bits per heavy atom. The summed E-state index contributed by atoms with van der Waals surface area (Å²) in [4.78, 5) is 35.7. The zero-order chi connectivity index (χ0) is 23.8. The molecule has 0 unspecified atom stereocenters. The third-order valence-corrected chi connectivity index (χ3v) is 7.41. The van der Waals surface area contributed by atoms with E-state index in [1.54, 1.807) is 23.1 Å². The molecular weight excluding hydrogens is 436 g/mol. The number of likely N-dealkylation sites (tertiary alicyclic amines) is 2. The third kappa shape index (κ3) is 5.90. The van der Waals surface area contributed by atoms with Gasteiger partial charge in [-0.25, -0.2) is 0 Å². The van der Waals surface area contributed by atoms with E-state index in [1.165, 1.54) is 25.9 Å². The molecule has 6 nitrogen and oxygen atoms in total. The molecule has 0 saturated carbocycles. The number of aromatic amines is 1. The topological polar surface area (TPSA) is 59.7 Å². The smallest absolute Gasteiger partial charge is 0.254 e. The maximum Gasteiger partial charge on any atom is 0.254 e. The number of nitrogens with one attached hydrogen (secondary N) is 1. The van der Waals surface area contributed by atoms with Crippen LogP contribution in [0.15, 0.2) is 30.4 Å². The van der Waals surface area contributed by atoms with Gasteiger partial charge < -0.3 is 19.7 Å². The summed E-state index contributed by atoms with van der Waals surface area (Å²) in [6.45, 7) is 9.96. The van der Waals surface area contributed by atoms with Crippen molar-refractivity contribution < 1.29 is 11.0 Å². The summed E-state index contributed by atoms with van der Waals surface area (Å²) < 4.78 is 7.78. The molecule has 0 atom stereocenters. The van der Waals surface area contributed by atoms with Crippen molar-refractivity contribution in [1.29, 1.82) is 0 Å². The number of carbonyl (C=O) groups is 2. The van der Waals surface area contributed by atoms with Gasteiger partial charge in [0, 0.05) is 35.9 Å². The molecule has 1 aromatic carbocycles. The van der Waals surface area contributed by atoms with Crippen LogP contribution in [0.25, 0.3) is 10.9 Å². The lowest BCUT2D eigenvalue weighted by atomic mass is 9.79. The average molecular weight is 476 g/mol. The number of amides is 2. The molecule has 2 fully saturated rings. The van der Waals surface area contributed by atoms with Crippen molar-refractivity contribution in [3.63, 3.8) is 0 Å². The van der Waals surface area contributed by atoms with Crippen molar-refractivity contribution >= 4 is 35.1 Å². The first kappa shape index (κ1) is 24.1. The van der Waals surface area contributed by atoms with Crippen molar-refractivity contribution in [2.45, 2.75) is 52.0 Å². The zero-order valence-corrected chi connectivity index (χ0v) is 21.2. The molecule has 1 N–H and O–H groups in total. The number of H-pyrrole nitrogens is 1. The Morgan fingerprint density at radius 3 is 2.27 bits per heavy atom. The Morgan fingerprint density at radius 2 is 1.67 bits per heavy atom. The Balaban J connectivity index is 0.00000324. The van der Waals surface area contributed by atoms with Crippen LogP contribution in [0.1, 0.15) is 58.2 Å². The Labute approximate surface area is 205 Å². The van der Waals surface area contributed by atoms with Crippen LogP contribution in [0.4, 0.5) is 0 Å². The van der Waals surface area contributed by atoms with Crippen LogP contribution in [0, 0.1) is 11.8 Å². The van der Waals surface area contributed by atoms with Crippen LogP contribution in [-0.2, 0) is 4.79 Å². The molecule has 4 rings (SSSR count). The molecule has 2 aliphatic rings. The lowest BCUT2D eigenvalue weighted by Crippen LogP contribution is -2.52. The summed E-state index contributed by atoms with van der Waals surface area (Å²) in [6, 6.07) is 7.16. The number of carbonyl (C=O) groups excluding carboxylic acids is 2. The zero-order valence-electron chi connectivity index (χ0n) is 21.4. The number of halogens is 1. The number of fused-ring (bicyclic) bond motifs is 1. The quantitative estimate of drug-likeness (QED) is 0.712. The van der Waals surface area contributed by atoms with E-state index < -0.39 is 5.54 Å². The molecule has 0 spiro atoms. The number of nitrogens with zero attached hydrogens (tertiary/aromatic N) is 3. The van der Waals surface area contributed by atoms with Gasteiger partial charge >= 0.3 is 0 Å². The highest BCUT2D eigenvalue weighted by Gasteiger charge is 2.34. The van der Waals surface area contributed by atoms with Gasteiger partial charge in [0.15, 0.2) is 0 Å². The normalized spacial score (nSPS) is 19.3. The lowest BCUT2D eigenvalue weighted by Gasteiger charge is -2.41. The molecule has 2 aliphatic heterocycles. The Kier molecular flexibility index (Phi) is 7.65. The van der Waals surface area contributed by atoms with Gasteiger partial charge in [-0.2, -0.15) is 0 Å². The van der Waals surface area contributed by atoms with Gasteiger partial charge in [-0.1, -0.05) is 6.07 Å². The van der Waals surface area contributed by atoms with E-state index in [9.17, 15) is 9.59 Å². The van der Waals surface area contributed by atoms with Gasteiger partial charge in [-0.3, -0.25) is 9.59 Å². The minimum atomic E-state index is -0.482. The molecule has 0 radical (unpaired) electrons. The highest BCUT2D eigenvalue weighted by atomic mass is 35.5. The van der Waals surface area contributed by atoms with Crippen molar-refractivity contribution in [2.24, 2.45) is 11.8 Å². The van der Waals surface area contributed by atoms with Crippen LogP contribution in [0.5, 0.6) is 0 Å². The molecule has 2 saturated heterocycles. The minimum absolute atomic E-state index is 0. The van der Waals surface area contributed by atoms with E-state index in [0.29, 0.717) is 11.7 Å². The fraction of sp³-hybridized carbons (Fsp3) is 0.615. The molecule has 7 heteroatoms. The second kappa shape index (κ2) is 10.5. The summed E-state index contributed by atoms with van der Waals surface area (Å²) in [5.74, 6) is 1.39. The average Bonchev–Trinajstić information content (AvgIpc) is 3.16. The van der Waals surface area contributed by atoms with Gasteiger partial charge in [0.05, 0.1) is 1.37 Å². The van der Waals surface area contributed by atoms with Crippen LogP contribution < -0.4 is 0 Å².